The van der Waals surface area contributed by atoms with Crippen molar-refractivity contribution in [3.63, 3.8) is 0 Å². The van der Waals surface area contributed by atoms with Gasteiger partial charge in [0.2, 0.25) is 0 Å². The summed E-state index contributed by atoms with van der Waals surface area (Å²) < 4.78 is 13.0. The van der Waals surface area contributed by atoms with E-state index < -0.39 is 5.97 Å². The smallest absolute Gasteiger partial charge is 0.307 e. The van der Waals surface area contributed by atoms with Gasteiger partial charge in [-0.15, -0.1) is 10.2 Å². The molecule has 3 saturated carbocycles. The van der Waals surface area contributed by atoms with E-state index in [1.165, 1.54) is 6.42 Å². The van der Waals surface area contributed by atoms with Gasteiger partial charge in [-0.25, -0.2) is 0 Å². The number of hydrogen-bond acceptors (Lipinski definition) is 7. The number of nitrogens with one attached hydrogen (secondary N) is 1. The van der Waals surface area contributed by atoms with E-state index in [2.05, 4.69) is 82.1 Å². The van der Waals surface area contributed by atoms with E-state index in [0.29, 0.717) is 48.6 Å². The maximum atomic E-state index is 13.2. The highest BCUT2D eigenvalue weighted by molar-refractivity contribution is 5.73. The number of carboxylic acid groups (broad SMARTS) is 1. The van der Waals surface area contributed by atoms with Gasteiger partial charge in [0.25, 0.3) is 0 Å². The molecule has 0 unspecified atom stereocenters. The molecule has 4 aliphatic carbocycles. The normalized spacial score (nSPS) is 45.2. The van der Waals surface area contributed by atoms with Crippen LogP contribution in [0.1, 0.15) is 99.7 Å². The second-order valence-electron chi connectivity index (χ2n) is 16.6. The molecule has 4 N–H and O–H groups in total. The van der Waals surface area contributed by atoms with Crippen LogP contribution >= 0.6 is 0 Å². The van der Waals surface area contributed by atoms with Gasteiger partial charge in [-0.1, -0.05) is 72.3 Å². The zero-order chi connectivity index (χ0) is 32.3. The minimum Gasteiger partial charge on any atom is -0.481 e. The monoisotopic (exact) mass is 613 g/mol. The number of nitrogens with zero attached hydrogens (tertiary/aromatic N) is 3. The standard InChI is InChI=1S/C33H55NO4.C2H4N4/c1-20(2)22(4)29(5)13-14-31(7)23-9-10-25-30(6)18-37-19-33(25,17-21(3)27(30)38-16-15-34)24(23)11-12-32(31,8)26(29)28(35)36;1-2-3-5-6-4-2/h11,20-23,25-27H,9-10,12-19,34H2,1-8H3,(H,35,36);1H3,(H,3,4,5,6)/t21-,22-,23+,25+,26-,27+,29-,30+,31-,32+,33+;/m1./s1. The highest BCUT2D eigenvalue weighted by Crippen LogP contribution is 2.75. The summed E-state index contributed by atoms with van der Waals surface area (Å²) in [7, 11) is 0. The Balaban J connectivity index is 0.000000573. The van der Waals surface area contributed by atoms with E-state index >= 15 is 0 Å². The molecule has 1 aromatic heterocycles. The summed E-state index contributed by atoms with van der Waals surface area (Å²) >= 11 is 0. The van der Waals surface area contributed by atoms with Crippen LogP contribution in [0.15, 0.2) is 11.6 Å². The summed E-state index contributed by atoms with van der Waals surface area (Å²) in [6.45, 7) is 23.2. The van der Waals surface area contributed by atoms with Crippen LogP contribution in [0, 0.1) is 69.5 Å². The number of carbonyl (C=O) groups is 1. The number of aromatic amines is 1. The number of aromatic nitrogens is 4. The molecule has 0 amide bonds. The zero-order valence-corrected chi connectivity index (χ0v) is 28.8. The number of tetrazole rings is 1. The fraction of sp³-hybridized carbons (Fsp3) is 0.886. The molecule has 0 radical (unpaired) electrons. The predicted octanol–water partition coefficient (Wildman–Crippen LogP) is 6.06. The first-order valence-corrected chi connectivity index (χ1v) is 17.1. The molecular formula is C35H59N5O4. The maximum absolute atomic E-state index is 13.2. The van der Waals surface area contributed by atoms with E-state index in [0.717, 1.165) is 45.3 Å². The summed E-state index contributed by atoms with van der Waals surface area (Å²) in [6.07, 6.45) is 9.12. The largest absolute Gasteiger partial charge is 0.481 e. The van der Waals surface area contributed by atoms with Crippen molar-refractivity contribution in [2.45, 2.75) is 107 Å². The Morgan fingerprint density at radius 3 is 2.45 bits per heavy atom. The molecule has 5 aliphatic rings. The van der Waals surface area contributed by atoms with Gasteiger partial charge >= 0.3 is 5.97 Å². The topological polar surface area (TPSA) is 136 Å². The average molecular weight is 614 g/mol. The van der Waals surface area contributed by atoms with Gasteiger partial charge in [0.15, 0.2) is 5.82 Å². The van der Waals surface area contributed by atoms with Crippen molar-refractivity contribution in [3.05, 3.63) is 17.5 Å². The molecule has 248 valence electrons. The number of H-pyrrole nitrogens is 1. The van der Waals surface area contributed by atoms with Gasteiger partial charge in [-0.3, -0.25) is 4.79 Å². The number of aryl methyl sites for hydroxylation is 1. The van der Waals surface area contributed by atoms with Crippen LogP contribution in [0.25, 0.3) is 0 Å². The zero-order valence-electron chi connectivity index (χ0n) is 28.8. The summed E-state index contributed by atoms with van der Waals surface area (Å²) in [6, 6.07) is 0. The Kier molecular flexibility index (Phi) is 8.95. The van der Waals surface area contributed by atoms with E-state index in [1.54, 1.807) is 12.5 Å². The van der Waals surface area contributed by atoms with Crippen molar-refractivity contribution >= 4 is 5.97 Å². The Morgan fingerprint density at radius 1 is 1.16 bits per heavy atom. The first kappa shape index (κ1) is 33.5. The van der Waals surface area contributed by atoms with Gasteiger partial charge in [0, 0.05) is 17.4 Å². The molecule has 4 fully saturated rings. The van der Waals surface area contributed by atoms with Crippen molar-refractivity contribution in [2.75, 3.05) is 26.4 Å². The van der Waals surface area contributed by atoms with Crippen molar-refractivity contribution in [1.82, 2.24) is 20.6 Å². The molecule has 1 saturated heterocycles. The lowest BCUT2D eigenvalue weighted by atomic mass is 9.34. The number of nitrogens with two attached hydrogens (primary N) is 1. The van der Waals surface area contributed by atoms with E-state index in [1.807, 2.05) is 0 Å². The fourth-order valence-corrected chi connectivity index (χ4v) is 11.8. The lowest BCUT2D eigenvalue weighted by molar-refractivity contribution is -0.250. The van der Waals surface area contributed by atoms with E-state index in [-0.39, 0.29) is 39.1 Å². The number of ether oxygens (including phenoxy) is 2. The lowest BCUT2D eigenvalue weighted by Crippen LogP contribution is -2.68. The first-order valence-electron chi connectivity index (χ1n) is 17.1. The Morgan fingerprint density at radius 2 is 1.89 bits per heavy atom. The van der Waals surface area contributed by atoms with Crippen molar-refractivity contribution in [2.24, 2.45) is 68.3 Å². The third kappa shape index (κ3) is 4.81. The molecular weight excluding hydrogens is 554 g/mol. The van der Waals surface area contributed by atoms with Crippen LogP contribution in [-0.2, 0) is 14.3 Å². The molecule has 2 bridgehead atoms. The van der Waals surface area contributed by atoms with Crippen LogP contribution in [-0.4, -0.2) is 64.2 Å². The van der Waals surface area contributed by atoms with Crippen molar-refractivity contribution in [3.8, 4) is 0 Å². The molecule has 1 aromatic rings. The predicted molar refractivity (Wildman–Crippen MR) is 170 cm³/mol. The highest BCUT2D eigenvalue weighted by Gasteiger charge is 2.71. The van der Waals surface area contributed by atoms with Crippen molar-refractivity contribution in [1.29, 1.82) is 0 Å². The van der Waals surface area contributed by atoms with Crippen LogP contribution in [0.4, 0.5) is 0 Å². The second-order valence-corrected chi connectivity index (χ2v) is 16.6. The molecule has 0 spiro atoms. The van der Waals surface area contributed by atoms with Gasteiger partial charge in [-0.05, 0) is 91.3 Å². The molecule has 11 atom stereocenters. The van der Waals surface area contributed by atoms with Crippen LogP contribution < -0.4 is 5.73 Å². The summed E-state index contributed by atoms with van der Waals surface area (Å²) in [5.74, 6) is 2.00. The number of allylic oxidation sites excluding steroid dienone is 1. The summed E-state index contributed by atoms with van der Waals surface area (Å²) in [4.78, 5) is 13.2. The number of rotatable bonds is 6. The number of hydrogen-bond donors (Lipinski definition) is 3. The summed E-state index contributed by atoms with van der Waals surface area (Å²) in [5, 5.41) is 23.6. The SMILES string of the molecule is CC(C)[C@@H](C)[C@@]1(C)CC[C@]2(C)[C@H]3CC[C@@H]4[C@@]5(COC[C@]4(C)[C@@H](OCCN)[C@H](C)C5)C3=CC[C@@]2(C)[C@@H]1C(=O)O.Cc1nn[nH]n1. The Bertz CT molecular complexity index is 1220. The molecule has 6 rings (SSSR count). The molecule has 0 aromatic carbocycles. The van der Waals surface area contributed by atoms with Crippen LogP contribution in [0.3, 0.4) is 0 Å². The fourth-order valence-electron chi connectivity index (χ4n) is 11.8. The third-order valence-corrected chi connectivity index (χ3v) is 14.2. The lowest BCUT2D eigenvalue weighted by Gasteiger charge is -2.71. The quantitative estimate of drug-likeness (QED) is 0.329. The second kappa shape index (κ2) is 11.8. The minimum absolute atomic E-state index is 0.0139. The average Bonchev–Trinajstić information content (AvgIpc) is 3.43. The van der Waals surface area contributed by atoms with Gasteiger partial charge < -0.3 is 20.3 Å². The van der Waals surface area contributed by atoms with Gasteiger partial charge in [-0.2, -0.15) is 5.21 Å². The first-order chi connectivity index (χ1) is 20.6. The van der Waals surface area contributed by atoms with Gasteiger partial charge in [0.05, 0.1) is 31.8 Å². The van der Waals surface area contributed by atoms with Gasteiger partial charge in [0.1, 0.15) is 0 Å². The maximum Gasteiger partial charge on any atom is 0.307 e. The highest BCUT2D eigenvalue weighted by atomic mass is 16.5. The molecule has 9 nitrogen and oxygen atoms in total. The Labute approximate surface area is 264 Å². The molecule has 2 heterocycles. The number of fused-ring (bicyclic) bond motifs is 3. The molecule has 44 heavy (non-hydrogen) atoms. The number of carboxylic acids is 1. The summed E-state index contributed by atoms with van der Waals surface area (Å²) in [5.41, 5.74) is 7.01. The van der Waals surface area contributed by atoms with Crippen LogP contribution in [0.2, 0.25) is 0 Å². The van der Waals surface area contributed by atoms with Crippen LogP contribution in [0.5, 0.6) is 0 Å². The third-order valence-electron chi connectivity index (χ3n) is 14.2. The number of aliphatic carboxylic acids is 1. The molecule has 1 aliphatic heterocycles. The van der Waals surface area contributed by atoms with E-state index in [9.17, 15) is 9.90 Å². The molecule has 9 heteroatoms. The minimum atomic E-state index is -0.586. The Hall–Kier alpha value is -1.84. The van der Waals surface area contributed by atoms with E-state index in [4.69, 9.17) is 15.2 Å². The van der Waals surface area contributed by atoms with Crippen molar-refractivity contribution < 1.29 is 19.4 Å².